The van der Waals surface area contributed by atoms with Gasteiger partial charge in [-0.2, -0.15) is 0 Å². The fourth-order valence-corrected chi connectivity index (χ4v) is 3.17. The molecule has 1 fully saturated rings. The van der Waals surface area contributed by atoms with E-state index in [4.69, 9.17) is 0 Å². The molecule has 3 N–H and O–H groups in total. The monoisotopic (exact) mass is 367 g/mol. The molecule has 0 saturated carbocycles. The molecular formula is C16H21N3SSe. The van der Waals surface area contributed by atoms with Crippen molar-refractivity contribution in [1.82, 2.24) is 10.6 Å². The number of piperazine rings is 1. The van der Waals surface area contributed by atoms with Gasteiger partial charge >= 0.3 is 17.1 Å². The quantitative estimate of drug-likeness (QED) is 0.533. The van der Waals surface area contributed by atoms with E-state index in [-0.39, 0.29) is 17.1 Å². The van der Waals surface area contributed by atoms with Crippen molar-refractivity contribution in [2.45, 2.75) is 9.79 Å². The summed E-state index contributed by atoms with van der Waals surface area (Å²) in [5.74, 6) is 0. The van der Waals surface area contributed by atoms with Gasteiger partial charge in [0.05, 0.1) is 11.4 Å². The molecule has 0 amide bonds. The van der Waals surface area contributed by atoms with Crippen LogP contribution >= 0.6 is 11.8 Å². The molecular weight excluding hydrogens is 345 g/mol. The average molecular weight is 366 g/mol. The van der Waals surface area contributed by atoms with Gasteiger partial charge in [-0.05, 0) is 24.3 Å². The Balaban J connectivity index is 0.000000197. The summed E-state index contributed by atoms with van der Waals surface area (Å²) in [5.41, 5.74) is 2.41. The van der Waals surface area contributed by atoms with E-state index in [1.807, 2.05) is 11.8 Å². The van der Waals surface area contributed by atoms with Gasteiger partial charge in [-0.1, -0.05) is 36.0 Å². The molecule has 0 aliphatic carbocycles. The van der Waals surface area contributed by atoms with E-state index in [1.165, 1.54) is 21.2 Å². The second-order valence-electron chi connectivity index (χ2n) is 4.72. The number of anilines is 2. The largest absolute Gasteiger partial charge is 0.354 e. The summed E-state index contributed by atoms with van der Waals surface area (Å²) in [4.78, 5) is 2.59. The Morgan fingerprint density at radius 1 is 0.667 bits per heavy atom. The third-order valence-corrected chi connectivity index (χ3v) is 4.37. The molecule has 2 aliphatic heterocycles. The third-order valence-electron chi connectivity index (χ3n) is 3.22. The molecule has 0 radical (unpaired) electrons. The van der Waals surface area contributed by atoms with Crippen LogP contribution < -0.4 is 16.0 Å². The minimum absolute atomic E-state index is 0. The van der Waals surface area contributed by atoms with Gasteiger partial charge in [-0.25, -0.2) is 0 Å². The first-order valence-corrected chi connectivity index (χ1v) is 7.79. The number of hydrogen-bond acceptors (Lipinski definition) is 4. The maximum Gasteiger partial charge on any atom is 0.0526 e. The fourth-order valence-electron chi connectivity index (χ4n) is 2.18. The van der Waals surface area contributed by atoms with E-state index in [9.17, 15) is 0 Å². The Bertz CT molecular complexity index is 474. The minimum atomic E-state index is 0. The number of benzene rings is 2. The van der Waals surface area contributed by atoms with Crippen molar-refractivity contribution in [1.29, 1.82) is 0 Å². The van der Waals surface area contributed by atoms with Crippen LogP contribution in [-0.4, -0.2) is 43.2 Å². The van der Waals surface area contributed by atoms with Crippen LogP contribution in [0.15, 0.2) is 58.3 Å². The van der Waals surface area contributed by atoms with E-state index in [2.05, 4.69) is 64.5 Å². The van der Waals surface area contributed by atoms with Crippen molar-refractivity contribution in [2.24, 2.45) is 0 Å². The SMILES string of the molecule is C1CNCCN1.[SeH2].c1ccc2c(c1)Nc1ccccc1S2. The van der Waals surface area contributed by atoms with Gasteiger partial charge < -0.3 is 16.0 Å². The molecule has 0 unspecified atom stereocenters. The summed E-state index contributed by atoms with van der Waals surface area (Å²) in [6.45, 7) is 4.56. The smallest absolute Gasteiger partial charge is 0.0526 e. The van der Waals surface area contributed by atoms with E-state index in [0.29, 0.717) is 0 Å². The molecule has 4 rings (SSSR count). The zero-order valence-corrected chi connectivity index (χ0v) is 14.8. The van der Waals surface area contributed by atoms with E-state index in [0.717, 1.165) is 26.2 Å². The number of rotatable bonds is 0. The molecule has 0 aromatic heterocycles. The molecule has 0 atom stereocenters. The van der Waals surface area contributed by atoms with Crippen molar-refractivity contribution in [3.05, 3.63) is 48.5 Å². The zero-order chi connectivity index (χ0) is 13.6. The van der Waals surface area contributed by atoms with Gasteiger partial charge in [0.15, 0.2) is 0 Å². The third kappa shape index (κ3) is 4.50. The topological polar surface area (TPSA) is 36.1 Å². The summed E-state index contributed by atoms with van der Waals surface area (Å²) < 4.78 is 0. The standard InChI is InChI=1S/C12H9NS.C4H10N2.H2Se/c1-3-7-11-9(5-1)13-10-6-2-4-8-12(10)14-11;1-2-6-4-3-5-1;/h1-8,13H;5-6H,1-4H2;1H2. The Morgan fingerprint density at radius 2 is 1.10 bits per heavy atom. The van der Waals surface area contributed by atoms with Crippen LogP contribution in [-0.2, 0) is 0 Å². The average Bonchev–Trinajstić information content (AvgIpc) is 2.55. The summed E-state index contributed by atoms with van der Waals surface area (Å²) in [7, 11) is 0. The number of fused-ring (bicyclic) bond motifs is 2. The van der Waals surface area contributed by atoms with Crippen LogP contribution in [0.25, 0.3) is 0 Å². The Labute approximate surface area is 140 Å². The van der Waals surface area contributed by atoms with E-state index >= 15 is 0 Å². The van der Waals surface area contributed by atoms with Crippen LogP contribution in [0.4, 0.5) is 11.4 Å². The first-order valence-electron chi connectivity index (χ1n) is 6.98. The summed E-state index contributed by atoms with van der Waals surface area (Å²) in [6, 6.07) is 16.8. The second kappa shape index (κ2) is 8.47. The van der Waals surface area contributed by atoms with Crippen LogP contribution in [0.1, 0.15) is 0 Å². The van der Waals surface area contributed by atoms with Crippen molar-refractivity contribution in [2.75, 3.05) is 31.5 Å². The van der Waals surface area contributed by atoms with Crippen LogP contribution in [0, 0.1) is 0 Å². The van der Waals surface area contributed by atoms with Crippen molar-refractivity contribution < 1.29 is 0 Å². The molecule has 3 nitrogen and oxygen atoms in total. The molecule has 5 heteroatoms. The molecule has 2 heterocycles. The van der Waals surface area contributed by atoms with Crippen LogP contribution in [0.2, 0.25) is 0 Å². The van der Waals surface area contributed by atoms with Crippen LogP contribution in [0.3, 0.4) is 0 Å². The second-order valence-corrected chi connectivity index (χ2v) is 5.80. The molecule has 2 aromatic carbocycles. The Morgan fingerprint density at radius 3 is 1.52 bits per heavy atom. The molecule has 0 bridgehead atoms. The van der Waals surface area contributed by atoms with Gasteiger partial charge in [0.25, 0.3) is 0 Å². The van der Waals surface area contributed by atoms with Gasteiger partial charge in [0, 0.05) is 36.0 Å². The minimum Gasteiger partial charge on any atom is -0.354 e. The number of para-hydroxylation sites is 2. The summed E-state index contributed by atoms with van der Waals surface area (Å²) in [5, 5.41) is 9.86. The van der Waals surface area contributed by atoms with Gasteiger partial charge in [0.1, 0.15) is 0 Å². The van der Waals surface area contributed by atoms with Crippen LogP contribution in [0.5, 0.6) is 0 Å². The summed E-state index contributed by atoms with van der Waals surface area (Å²) >= 11 is 1.82. The molecule has 21 heavy (non-hydrogen) atoms. The fraction of sp³-hybridized carbons (Fsp3) is 0.250. The number of nitrogens with one attached hydrogen (secondary N) is 3. The van der Waals surface area contributed by atoms with Gasteiger partial charge in [-0.3, -0.25) is 0 Å². The maximum atomic E-state index is 3.42. The predicted octanol–water partition coefficient (Wildman–Crippen LogP) is 2.16. The normalized spacial score (nSPS) is 15.2. The molecule has 2 aliphatic rings. The maximum absolute atomic E-state index is 3.42. The first kappa shape index (κ1) is 16.4. The van der Waals surface area contributed by atoms with Crippen molar-refractivity contribution in [3.63, 3.8) is 0 Å². The first-order chi connectivity index (χ1) is 9.93. The molecule has 2 aromatic rings. The molecule has 112 valence electrons. The van der Waals surface area contributed by atoms with Gasteiger partial charge in [0.2, 0.25) is 0 Å². The molecule has 1 saturated heterocycles. The van der Waals surface area contributed by atoms with Crippen molar-refractivity contribution >= 4 is 40.2 Å². The zero-order valence-electron chi connectivity index (χ0n) is 11.9. The molecule has 0 spiro atoms. The Kier molecular flexibility index (Phi) is 6.61. The Hall–Kier alpha value is -0.971. The summed E-state index contributed by atoms with van der Waals surface area (Å²) in [6.07, 6.45) is 0. The predicted molar refractivity (Wildman–Crippen MR) is 94.6 cm³/mol. The van der Waals surface area contributed by atoms with Crippen molar-refractivity contribution in [3.8, 4) is 0 Å². The number of hydrogen-bond donors (Lipinski definition) is 3. The van der Waals surface area contributed by atoms with E-state index in [1.54, 1.807) is 0 Å². The van der Waals surface area contributed by atoms with Gasteiger partial charge in [-0.15, -0.1) is 0 Å². The van der Waals surface area contributed by atoms with E-state index < -0.39 is 0 Å².